The fourth-order valence-corrected chi connectivity index (χ4v) is 1.77. The van der Waals surface area contributed by atoms with Crippen LogP contribution in [0.4, 0.5) is 8.78 Å². The fraction of sp³-hybridized carbons (Fsp3) is 0.154. The molecule has 1 aromatic heterocycles. The summed E-state index contributed by atoms with van der Waals surface area (Å²) in [4.78, 5) is 20.9. The number of rotatable bonds is 3. The molecule has 4 nitrogen and oxygen atoms in total. The van der Waals surface area contributed by atoms with Gasteiger partial charge in [-0.1, -0.05) is 17.7 Å². The molecule has 0 atom stereocenters. The van der Waals surface area contributed by atoms with E-state index in [9.17, 15) is 13.6 Å². The van der Waals surface area contributed by atoms with E-state index in [4.69, 9.17) is 11.6 Å². The molecule has 2 aromatic rings. The molecule has 1 amide bonds. The van der Waals surface area contributed by atoms with Gasteiger partial charge in [0.05, 0.1) is 12.4 Å². The van der Waals surface area contributed by atoms with Gasteiger partial charge < -0.3 is 4.90 Å². The lowest BCUT2D eigenvalue weighted by Crippen LogP contribution is -2.27. The summed E-state index contributed by atoms with van der Waals surface area (Å²) < 4.78 is 26.3. The zero-order valence-corrected chi connectivity index (χ0v) is 11.2. The third-order valence-corrected chi connectivity index (χ3v) is 2.78. The lowest BCUT2D eigenvalue weighted by atomic mass is 10.2. The van der Waals surface area contributed by atoms with E-state index in [2.05, 4.69) is 9.97 Å². The molecular formula is C13H10ClF2N3O. The maximum Gasteiger partial charge on any atom is 0.274 e. The summed E-state index contributed by atoms with van der Waals surface area (Å²) in [6.45, 7) is -0.0147. The van der Waals surface area contributed by atoms with Gasteiger partial charge >= 0.3 is 0 Å². The summed E-state index contributed by atoms with van der Waals surface area (Å²) in [5.41, 5.74) is 0.264. The van der Waals surface area contributed by atoms with E-state index in [1.807, 2.05) is 0 Å². The van der Waals surface area contributed by atoms with Crippen molar-refractivity contribution in [2.75, 3.05) is 7.05 Å². The molecule has 0 spiro atoms. The molecule has 0 N–H and O–H groups in total. The van der Waals surface area contributed by atoms with Crippen LogP contribution in [0.3, 0.4) is 0 Å². The van der Waals surface area contributed by atoms with E-state index in [1.165, 1.54) is 30.4 Å². The SMILES string of the molecule is CN(Cc1ccc(F)cc1F)C(=O)c1cncc(Cl)n1. The number of carbonyl (C=O) groups is 1. The average molecular weight is 298 g/mol. The molecule has 2 rings (SSSR count). The predicted molar refractivity (Wildman–Crippen MR) is 69.2 cm³/mol. The number of halogens is 3. The molecular weight excluding hydrogens is 288 g/mol. The number of hydrogen-bond donors (Lipinski definition) is 0. The van der Waals surface area contributed by atoms with Crippen LogP contribution in [0.25, 0.3) is 0 Å². The van der Waals surface area contributed by atoms with E-state index < -0.39 is 17.5 Å². The molecule has 104 valence electrons. The predicted octanol–water partition coefficient (Wildman–Crippen LogP) is 2.68. The molecule has 0 radical (unpaired) electrons. The molecule has 0 saturated heterocycles. The minimum atomic E-state index is -0.707. The highest BCUT2D eigenvalue weighted by Crippen LogP contribution is 2.13. The highest BCUT2D eigenvalue weighted by Gasteiger charge is 2.16. The summed E-state index contributed by atoms with van der Waals surface area (Å²) in [6.07, 6.45) is 2.57. The lowest BCUT2D eigenvalue weighted by Gasteiger charge is -2.17. The minimum Gasteiger partial charge on any atom is -0.336 e. The Kier molecular flexibility index (Phi) is 4.24. The smallest absolute Gasteiger partial charge is 0.274 e. The Hall–Kier alpha value is -2.08. The number of aromatic nitrogens is 2. The van der Waals surface area contributed by atoms with Gasteiger partial charge in [-0.3, -0.25) is 9.78 Å². The molecule has 0 unspecified atom stereocenters. The molecule has 0 saturated carbocycles. The summed E-state index contributed by atoms with van der Waals surface area (Å²) in [7, 11) is 1.48. The van der Waals surface area contributed by atoms with Gasteiger partial charge in [-0.15, -0.1) is 0 Å². The first-order valence-corrected chi connectivity index (χ1v) is 6.02. The van der Waals surface area contributed by atoms with Gasteiger partial charge in [-0.25, -0.2) is 13.8 Å². The standard InChI is InChI=1S/C13H10ClF2N3O/c1-19(7-8-2-3-9(15)4-10(8)16)13(20)11-5-17-6-12(14)18-11/h2-6H,7H2,1H3. The number of nitrogens with zero attached hydrogens (tertiary/aromatic N) is 3. The number of carbonyl (C=O) groups excluding carboxylic acids is 1. The van der Waals surface area contributed by atoms with E-state index in [-0.39, 0.29) is 23.0 Å². The van der Waals surface area contributed by atoms with Crippen LogP contribution in [-0.2, 0) is 6.54 Å². The van der Waals surface area contributed by atoms with Crippen LogP contribution >= 0.6 is 11.6 Å². The molecule has 0 aliphatic carbocycles. The second-order valence-electron chi connectivity index (χ2n) is 4.12. The topological polar surface area (TPSA) is 46.1 Å². The van der Waals surface area contributed by atoms with Crippen molar-refractivity contribution in [2.24, 2.45) is 0 Å². The van der Waals surface area contributed by atoms with E-state index in [0.29, 0.717) is 0 Å². The van der Waals surface area contributed by atoms with Gasteiger partial charge in [-0.05, 0) is 6.07 Å². The van der Waals surface area contributed by atoms with Crippen molar-refractivity contribution >= 4 is 17.5 Å². The Bertz CT molecular complexity index is 651. The summed E-state index contributed by atoms with van der Waals surface area (Å²) in [5, 5.41) is 0.0946. The monoisotopic (exact) mass is 297 g/mol. The van der Waals surface area contributed by atoms with Crippen molar-refractivity contribution < 1.29 is 13.6 Å². The Balaban J connectivity index is 2.15. The van der Waals surface area contributed by atoms with Gasteiger partial charge in [0, 0.05) is 25.2 Å². The average Bonchev–Trinajstić information content (AvgIpc) is 2.41. The normalized spacial score (nSPS) is 10.4. The van der Waals surface area contributed by atoms with Crippen LogP contribution in [0.1, 0.15) is 16.1 Å². The molecule has 0 aliphatic rings. The van der Waals surface area contributed by atoms with Gasteiger partial charge in [0.1, 0.15) is 22.5 Å². The van der Waals surface area contributed by atoms with Crippen molar-refractivity contribution in [3.63, 3.8) is 0 Å². The first kappa shape index (κ1) is 14.3. The van der Waals surface area contributed by atoms with Gasteiger partial charge in [0.25, 0.3) is 5.91 Å². The molecule has 7 heteroatoms. The van der Waals surface area contributed by atoms with Crippen molar-refractivity contribution in [1.29, 1.82) is 0 Å². The summed E-state index contributed by atoms with van der Waals surface area (Å²) in [6, 6.07) is 3.20. The zero-order chi connectivity index (χ0) is 14.7. The first-order chi connectivity index (χ1) is 9.47. The van der Waals surface area contributed by atoms with Crippen molar-refractivity contribution in [3.8, 4) is 0 Å². The molecule has 1 aromatic carbocycles. The van der Waals surface area contributed by atoms with Crippen molar-refractivity contribution in [3.05, 3.63) is 58.6 Å². The Morgan fingerprint density at radius 1 is 1.35 bits per heavy atom. The van der Waals surface area contributed by atoms with Crippen molar-refractivity contribution in [1.82, 2.24) is 14.9 Å². The van der Waals surface area contributed by atoms with Gasteiger partial charge in [0.2, 0.25) is 0 Å². The molecule has 1 heterocycles. The second-order valence-corrected chi connectivity index (χ2v) is 4.51. The second kappa shape index (κ2) is 5.92. The van der Waals surface area contributed by atoms with E-state index >= 15 is 0 Å². The number of hydrogen-bond acceptors (Lipinski definition) is 3. The molecule has 0 fully saturated rings. The molecule has 0 aliphatic heterocycles. The fourth-order valence-electron chi connectivity index (χ4n) is 1.62. The van der Waals surface area contributed by atoms with Gasteiger partial charge in [-0.2, -0.15) is 0 Å². The first-order valence-electron chi connectivity index (χ1n) is 5.64. The van der Waals surface area contributed by atoms with Crippen LogP contribution in [-0.4, -0.2) is 27.8 Å². The highest BCUT2D eigenvalue weighted by molar-refractivity contribution is 6.29. The largest absolute Gasteiger partial charge is 0.336 e. The van der Waals surface area contributed by atoms with Crippen LogP contribution < -0.4 is 0 Å². The van der Waals surface area contributed by atoms with E-state index in [0.717, 1.165) is 12.1 Å². The third-order valence-electron chi connectivity index (χ3n) is 2.59. The zero-order valence-electron chi connectivity index (χ0n) is 10.5. The van der Waals surface area contributed by atoms with Crippen LogP contribution in [0.2, 0.25) is 5.15 Å². The lowest BCUT2D eigenvalue weighted by molar-refractivity contribution is 0.0777. The van der Waals surface area contributed by atoms with Crippen LogP contribution in [0.5, 0.6) is 0 Å². The molecule has 0 bridgehead atoms. The van der Waals surface area contributed by atoms with Crippen LogP contribution in [0.15, 0.2) is 30.6 Å². The summed E-state index contributed by atoms with van der Waals surface area (Å²) >= 11 is 5.65. The maximum absolute atomic E-state index is 13.5. The Morgan fingerprint density at radius 2 is 2.10 bits per heavy atom. The van der Waals surface area contributed by atoms with E-state index in [1.54, 1.807) is 0 Å². The Labute approximate surface area is 119 Å². The third kappa shape index (κ3) is 3.27. The molecule has 20 heavy (non-hydrogen) atoms. The number of benzene rings is 1. The van der Waals surface area contributed by atoms with Gasteiger partial charge in [0.15, 0.2) is 0 Å². The highest BCUT2D eigenvalue weighted by atomic mass is 35.5. The van der Waals surface area contributed by atoms with Crippen LogP contribution in [0, 0.1) is 11.6 Å². The number of amides is 1. The summed E-state index contributed by atoms with van der Waals surface area (Å²) in [5.74, 6) is -1.83. The quantitative estimate of drug-likeness (QED) is 0.875. The maximum atomic E-state index is 13.5. The minimum absolute atomic E-state index is 0.0147. The van der Waals surface area contributed by atoms with Crippen molar-refractivity contribution in [2.45, 2.75) is 6.54 Å². The Morgan fingerprint density at radius 3 is 2.75 bits per heavy atom.